The molecule has 0 bridgehead atoms. The third-order valence-electron chi connectivity index (χ3n) is 3.70. The molecule has 0 saturated carbocycles. The number of anilines is 1. The van der Waals surface area contributed by atoms with Crippen molar-refractivity contribution in [3.8, 4) is 0 Å². The number of hydrogen-bond donors (Lipinski definition) is 2. The van der Waals surface area contributed by atoms with Crippen molar-refractivity contribution < 1.29 is 51.7 Å². The van der Waals surface area contributed by atoms with Crippen LogP contribution in [0.15, 0.2) is 12.7 Å². The lowest BCUT2D eigenvalue weighted by molar-refractivity contribution is -0.337. The summed E-state index contributed by atoms with van der Waals surface area (Å²) in [6.07, 6.45) is -0.696. The monoisotopic (exact) mass is 503 g/mol. The van der Waals surface area contributed by atoms with Gasteiger partial charge >= 0.3 is 0 Å². The SMILES string of the molecule is Nc1ncnc2c1ncn2C1CC(O)C(COP(=O)([O-])OP([O-])(=S)OP(=O)([O-])[O-])O1. The van der Waals surface area contributed by atoms with E-state index in [9.17, 15) is 33.8 Å². The van der Waals surface area contributed by atoms with Crippen molar-refractivity contribution in [2.45, 2.75) is 24.9 Å². The number of ether oxygens (including phenoxy) is 1. The number of hydrogen-bond acceptors (Lipinski definition) is 16. The first kappa shape index (κ1) is 23.8. The highest BCUT2D eigenvalue weighted by Crippen LogP contribution is 2.60. The second-order valence-electron chi connectivity index (χ2n) is 5.82. The van der Waals surface area contributed by atoms with Gasteiger partial charge in [0.1, 0.15) is 30.9 Å². The second kappa shape index (κ2) is 8.56. The van der Waals surface area contributed by atoms with E-state index in [0.717, 1.165) is 0 Å². The molecule has 0 radical (unpaired) electrons. The normalized spacial score (nSPS) is 26.5. The minimum Gasteiger partial charge on any atom is -0.790 e. The minimum atomic E-state index is -5.88. The number of aliphatic hydroxyl groups is 1. The van der Waals surface area contributed by atoms with Crippen molar-refractivity contribution in [3.63, 3.8) is 0 Å². The molecule has 1 aliphatic rings. The predicted molar refractivity (Wildman–Crippen MR) is 91.9 cm³/mol. The molecule has 1 aliphatic heterocycles. The van der Waals surface area contributed by atoms with Gasteiger partial charge in [-0.05, 0) is 0 Å². The van der Waals surface area contributed by atoms with Gasteiger partial charge in [0.15, 0.2) is 11.5 Å². The van der Waals surface area contributed by atoms with Crippen molar-refractivity contribution in [2.75, 3.05) is 12.3 Å². The average molecular weight is 503 g/mol. The fraction of sp³-hybridized carbons (Fsp3) is 0.500. The van der Waals surface area contributed by atoms with Crippen molar-refractivity contribution in [1.82, 2.24) is 19.5 Å². The van der Waals surface area contributed by atoms with Crippen LogP contribution in [0.3, 0.4) is 0 Å². The molecule has 1 saturated heterocycles. The molecule has 0 aromatic carbocycles. The third kappa shape index (κ3) is 5.87. The van der Waals surface area contributed by atoms with E-state index in [1.54, 1.807) is 0 Å². The highest BCUT2D eigenvalue weighted by atomic mass is 32.5. The highest BCUT2D eigenvalue weighted by Gasteiger charge is 2.37. The first-order valence-corrected chi connectivity index (χ1v) is 13.2. The van der Waals surface area contributed by atoms with Crippen LogP contribution in [0.4, 0.5) is 5.82 Å². The minimum absolute atomic E-state index is 0.00834. The number of phosphoric acid groups is 2. The highest BCUT2D eigenvalue weighted by molar-refractivity contribution is 8.09. The van der Waals surface area contributed by atoms with Crippen LogP contribution in [0.2, 0.25) is 0 Å². The summed E-state index contributed by atoms with van der Waals surface area (Å²) in [5, 5.41) is 10.1. The van der Waals surface area contributed by atoms with E-state index in [1.165, 1.54) is 17.2 Å². The Hall–Kier alpha value is -0.900. The Morgan fingerprint density at radius 2 is 1.97 bits per heavy atom. The van der Waals surface area contributed by atoms with Gasteiger partial charge in [-0.1, -0.05) is 11.8 Å². The molecule has 168 valence electrons. The van der Waals surface area contributed by atoms with Gasteiger partial charge < -0.3 is 48.6 Å². The molecule has 3 N–H and O–H groups in total. The van der Waals surface area contributed by atoms with Crippen LogP contribution in [0.1, 0.15) is 12.6 Å². The molecule has 0 spiro atoms. The standard InChI is InChI=1S/C10H16N5O11P3S/c11-9-8-10(13-3-12-9)15(4-14-8)7-1-5(16)6(24-7)2-23-28(20,21)26-29(22,30)25-27(17,18)19/h3-7,16H,1-2H2,(H,20,21)(H,22,30)(H2,11,12,13)(H2,17,18,19)/p-4. The van der Waals surface area contributed by atoms with Crippen LogP contribution >= 0.6 is 22.4 Å². The summed E-state index contributed by atoms with van der Waals surface area (Å²) in [6, 6.07) is 0. The summed E-state index contributed by atoms with van der Waals surface area (Å²) < 4.78 is 40.8. The van der Waals surface area contributed by atoms with Crippen LogP contribution < -0.4 is 25.3 Å². The molecule has 3 heterocycles. The average Bonchev–Trinajstić information content (AvgIpc) is 3.14. The first-order valence-electron chi connectivity index (χ1n) is 7.74. The summed E-state index contributed by atoms with van der Waals surface area (Å²) in [4.78, 5) is 55.9. The van der Waals surface area contributed by atoms with Gasteiger partial charge in [0.2, 0.25) is 0 Å². The number of aliphatic hydroxyl groups excluding tert-OH is 1. The van der Waals surface area contributed by atoms with Crippen molar-refractivity contribution in [3.05, 3.63) is 12.7 Å². The van der Waals surface area contributed by atoms with Gasteiger partial charge in [-0.2, -0.15) is 0 Å². The molecule has 2 aromatic rings. The van der Waals surface area contributed by atoms with E-state index in [2.05, 4.69) is 39.9 Å². The number of fused-ring (bicyclic) bond motifs is 1. The second-order valence-corrected chi connectivity index (χ2v) is 11.4. The number of aromatic nitrogens is 4. The van der Waals surface area contributed by atoms with Crippen molar-refractivity contribution in [1.29, 1.82) is 0 Å². The largest absolute Gasteiger partial charge is 0.790 e. The molecule has 1 fully saturated rings. The Morgan fingerprint density at radius 3 is 2.63 bits per heavy atom. The van der Waals surface area contributed by atoms with Crippen LogP contribution in [0.25, 0.3) is 11.2 Å². The summed E-state index contributed by atoms with van der Waals surface area (Å²) in [7, 11) is -11.4. The lowest BCUT2D eigenvalue weighted by Crippen LogP contribution is -2.27. The van der Waals surface area contributed by atoms with Crippen LogP contribution in [-0.2, 0) is 38.8 Å². The number of phosphoric ester groups is 1. The fourth-order valence-electron chi connectivity index (χ4n) is 2.56. The predicted octanol–water partition coefficient (Wildman–Crippen LogP) is -3.01. The summed E-state index contributed by atoms with van der Waals surface area (Å²) in [5.74, 6) is 0.123. The van der Waals surface area contributed by atoms with Crippen LogP contribution in [0.5, 0.6) is 0 Å². The number of imidazole rings is 1. The maximum absolute atomic E-state index is 11.7. The maximum Gasteiger partial charge on any atom is 0.272 e. The Kier molecular flexibility index (Phi) is 6.78. The van der Waals surface area contributed by atoms with Crippen molar-refractivity contribution in [2.24, 2.45) is 0 Å². The molecular formula is C10H12N5O11P3S-4. The molecule has 2 aromatic heterocycles. The Balaban J connectivity index is 1.64. The molecule has 0 amide bonds. The van der Waals surface area contributed by atoms with E-state index in [-0.39, 0.29) is 12.2 Å². The summed E-state index contributed by atoms with van der Waals surface area (Å²) in [5.41, 5.74) is 6.29. The topological polar surface area (TPSA) is 253 Å². The van der Waals surface area contributed by atoms with E-state index in [1.807, 2.05) is 0 Å². The van der Waals surface area contributed by atoms with E-state index in [4.69, 9.17) is 10.5 Å². The van der Waals surface area contributed by atoms with E-state index in [0.29, 0.717) is 11.2 Å². The molecule has 30 heavy (non-hydrogen) atoms. The van der Waals surface area contributed by atoms with Gasteiger partial charge in [-0.25, -0.2) is 15.0 Å². The van der Waals surface area contributed by atoms with E-state index < -0.39 is 47.4 Å². The molecular weight excluding hydrogens is 491 g/mol. The number of nitrogens with two attached hydrogens (primary N) is 1. The zero-order chi connectivity index (χ0) is 22.3. The zero-order valence-electron chi connectivity index (χ0n) is 14.4. The Labute approximate surface area is 172 Å². The lowest BCUT2D eigenvalue weighted by atomic mass is 10.2. The van der Waals surface area contributed by atoms with E-state index >= 15 is 0 Å². The zero-order valence-corrected chi connectivity index (χ0v) is 17.9. The third-order valence-corrected chi connectivity index (χ3v) is 8.56. The quantitative estimate of drug-likeness (QED) is 0.340. The van der Waals surface area contributed by atoms with Crippen molar-refractivity contribution >= 4 is 51.2 Å². The molecule has 5 atom stereocenters. The van der Waals surface area contributed by atoms with Gasteiger partial charge in [0.25, 0.3) is 7.82 Å². The number of nitrogens with zero attached hydrogens (tertiary/aromatic N) is 4. The lowest BCUT2D eigenvalue weighted by Gasteiger charge is -2.40. The summed E-state index contributed by atoms with van der Waals surface area (Å²) in [6.45, 7) is -6.06. The molecule has 20 heteroatoms. The summed E-state index contributed by atoms with van der Waals surface area (Å²) >= 11 is 4.01. The molecule has 3 rings (SSSR count). The van der Waals surface area contributed by atoms with Crippen LogP contribution in [-0.4, -0.2) is 43.4 Å². The van der Waals surface area contributed by atoms with Gasteiger partial charge in [0.05, 0.1) is 26.9 Å². The van der Waals surface area contributed by atoms with Gasteiger partial charge in [-0.15, -0.1) is 0 Å². The number of rotatable bonds is 8. The van der Waals surface area contributed by atoms with Gasteiger partial charge in [0, 0.05) is 6.42 Å². The van der Waals surface area contributed by atoms with Gasteiger partial charge in [-0.3, -0.25) is 13.4 Å². The first-order chi connectivity index (χ1) is 13.8. The molecule has 5 unspecified atom stereocenters. The molecule has 16 nitrogen and oxygen atoms in total. The Morgan fingerprint density at radius 1 is 1.27 bits per heavy atom. The molecule has 0 aliphatic carbocycles. The van der Waals surface area contributed by atoms with Crippen LogP contribution in [0, 0.1) is 0 Å². The Bertz CT molecular complexity index is 1080. The fourth-order valence-corrected chi connectivity index (χ4v) is 6.90. The number of nitrogen functional groups attached to an aromatic ring is 1. The maximum atomic E-state index is 11.7. The smallest absolute Gasteiger partial charge is 0.272 e.